The third kappa shape index (κ3) is 4.91. The molecule has 1 amide bonds. The lowest BCUT2D eigenvalue weighted by Gasteiger charge is -2.23. The molecule has 8 heteroatoms. The Kier molecular flexibility index (Phi) is 6.99. The van der Waals surface area contributed by atoms with Crippen molar-refractivity contribution in [3.05, 3.63) is 45.9 Å². The summed E-state index contributed by atoms with van der Waals surface area (Å²) in [5.41, 5.74) is 1.97. The van der Waals surface area contributed by atoms with Crippen molar-refractivity contribution in [3.63, 3.8) is 0 Å². The SMILES string of the molecule is CCOCCCNc1nc2nc3ccc(C)cn3c(=O)c2cc1C(=O)NC1CCCCC1. The standard InChI is InChI=1S/C24H31N5O3/c1-3-32-13-7-12-25-21-18(23(30)26-17-8-5-4-6-9-17)14-19-22(28-21)27-20-11-10-16(2)15-29(20)24(19)31/h10-11,14-15,17H,3-9,12-13H2,1-2H3,(H,25,28)(H,26,30). The maximum absolute atomic E-state index is 13.2. The van der Waals surface area contributed by atoms with E-state index in [0.717, 1.165) is 37.7 Å². The molecule has 3 aromatic rings. The van der Waals surface area contributed by atoms with Crippen molar-refractivity contribution in [3.8, 4) is 0 Å². The van der Waals surface area contributed by atoms with Crippen molar-refractivity contribution < 1.29 is 9.53 Å². The van der Waals surface area contributed by atoms with Gasteiger partial charge in [0.25, 0.3) is 11.5 Å². The first-order valence-electron chi connectivity index (χ1n) is 11.5. The molecule has 4 rings (SSSR count). The average molecular weight is 438 g/mol. The first-order chi connectivity index (χ1) is 15.6. The summed E-state index contributed by atoms with van der Waals surface area (Å²) in [6, 6.07) is 5.51. The molecule has 1 aliphatic rings. The van der Waals surface area contributed by atoms with Gasteiger partial charge in [0, 0.05) is 32.0 Å². The van der Waals surface area contributed by atoms with E-state index in [1.807, 2.05) is 19.9 Å². The lowest BCUT2D eigenvalue weighted by molar-refractivity contribution is 0.0928. The van der Waals surface area contributed by atoms with Gasteiger partial charge < -0.3 is 15.4 Å². The Balaban J connectivity index is 1.71. The quantitative estimate of drug-likeness (QED) is 0.414. The zero-order valence-corrected chi connectivity index (χ0v) is 18.8. The fourth-order valence-electron chi connectivity index (χ4n) is 4.18. The number of amides is 1. The highest BCUT2D eigenvalue weighted by Crippen LogP contribution is 2.21. The van der Waals surface area contributed by atoms with E-state index in [4.69, 9.17) is 4.74 Å². The molecule has 1 fully saturated rings. The van der Waals surface area contributed by atoms with Gasteiger partial charge in [-0.25, -0.2) is 9.97 Å². The molecular formula is C24H31N5O3. The normalized spacial score (nSPS) is 14.7. The molecular weight excluding hydrogens is 406 g/mol. The predicted molar refractivity (Wildman–Crippen MR) is 125 cm³/mol. The number of fused-ring (bicyclic) bond motifs is 2. The molecule has 1 saturated carbocycles. The van der Waals surface area contributed by atoms with Crippen LogP contribution < -0.4 is 16.2 Å². The summed E-state index contributed by atoms with van der Waals surface area (Å²) in [5.74, 6) is 0.248. The van der Waals surface area contributed by atoms with Gasteiger partial charge in [0.2, 0.25) is 0 Å². The van der Waals surface area contributed by atoms with E-state index < -0.39 is 0 Å². The minimum atomic E-state index is -0.226. The summed E-state index contributed by atoms with van der Waals surface area (Å²) in [6.45, 7) is 5.79. The largest absolute Gasteiger partial charge is 0.382 e. The van der Waals surface area contributed by atoms with Gasteiger partial charge in [-0.1, -0.05) is 25.3 Å². The summed E-state index contributed by atoms with van der Waals surface area (Å²) in [7, 11) is 0. The molecule has 3 heterocycles. The van der Waals surface area contributed by atoms with Crippen molar-refractivity contribution in [2.24, 2.45) is 0 Å². The fraction of sp³-hybridized carbons (Fsp3) is 0.500. The van der Waals surface area contributed by atoms with Gasteiger partial charge in [-0.05, 0) is 50.8 Å². The molecule has 0 spiro atoms. The highest BCUT2D eigenvalue weighted by Gasteiger charge is 2.21. The van der Waals surface area contributed by atoms with Gasteiger partial charge in [0.15, 0.2) is 5.65 Å². The Labute approximate surface area is 187 Å². The van der Waals surface area contributed by atoms with Gasteiger partial charge in [-0.15, -0.1) is 0 Å². The van der Waals surface area contributed by atoms with Gasteiger partial charge in [0.05, 0.1) is 10.9 Å². The van der Waals surface area contributed by atoms with E-state index in [-0.39, 0.29) is 17.5 Å². The number of hydrogen-bond acceptors (Lipinski definition) is 6. The molecule has 0 radical (unpaired) electrons. The van der Waals surface area contributed by atoms with E-state index in [1.54, 1.807) is 18.3 Å². The van der Waals surface area contributed by atoms with Crippen molar-refractivity contribution in [1.29, 1.82) is 0 Å². The molecule has 0 aliphatic heterocycles. The summed E-state index contributed by atoms with van der Waals surface area (Å²) in [4.78, 5) is 35.5. The van der Waals surface area contributed by atoms with Crippen LogP contribution in [0.25, 0.3) is 16.7 Å². The van der Waals surface area contributed by atoms with Crippen LogP contribution >= 0.6 is 0 Å². The second-order valence-corrected chi connectivity index (χ2v) is 8.39. The molecule has 0 saturated heterocycles. The first kappa shape index (κ1) is 22.2. The summed E-state index contributed by atoms with van der Waals surface area (Å²) in [6.07, 6.45) is 7.97. The number of nitrogens with zero attached hydrogens (tertiary/aromatic N) is 3. The van der Waals surface area contributed by atoms with Crippen LogP contribution in [0.2, 0.25) is 0 Å². The smallest absolute Gasteiger partial charge is 0.267 e. The van der Waals surface area contributed by atoms with Crippen LogP contribution in [0.15, 0.2) is 29.2 Å². The number of nitrogens with one attached hydrogen (secondary N) is 2. The average Bonchev–Trinajstić information content (AvgIpc) is 2.80. The molecule has 8 nitrogen and oxygen atoms in total. The third-order valence-electron chi connectivity index (χ3n) is 5.89. The van der Waals surface area contributed by atoms with Crippen LogP contribution in [0, 0.1) is 6.92 Å². The highest BCUT2D eigenvalue weighted by molar-refractivity contribution is 6.02. The molecule has 0 atom stereocenters. The van der Waals surface area contributed by atoms with E-state index in [2.05, 4.69) is 20.6 Å². The molecule has 0 aromatic carbocycles. The molecule has 170 valence electrons. The van der Waals surface area contributed by atoms with Crippen LogP contribution in [0.4, 0.5) is 5.82 Å². The van der Waals surface area contributed by atoms with Crippen LogP contribution in [0.5, 0.6) is 0 Å². The Bertz CT molecular complexity index is 1170. The van der Waals surface area contributed by atoms with Crippen molar-refractivity contribution in [1.82, 2.24) is 19.7 Å². The van der Waals surface area contributed by atoms with Gasteiger partial charge in [0.1, 0.15) is 11.5 Å². The first-order valence-corrected chi connectivity index (χ1v) is 11.5. The van der Waals surface area contributed by atoms with Crippen molar-refractivity contribution in [2.45, 2.75) is 58.4 Å². The summed E-state index contributed by atoms with van der Waals surface area (Å²) in [5, 5.41) is 6.74. The second kappa shape index (κ2) is 10.1. The highest BCUT2D eigenvalue weighted by atomic mass is 16.5. The molecule has 0 unspecified atom stereocenters. The maximum Gasteiger partial charge on any atom is 0.267 e. The fourth-order valence-corrected chi connectivity index (χ4v) is 4.18. The zero-order valence-electron chi connectivity index (χ0n) is 18.8. The minimum absolute atomic E-state index is 0.163. The van der Waals surface area contributed by atoms with E-state index in [0.29, 0.717) is 47.8 Å². The monoisotopic (exact) mass is 437 g/mol. The molecule has 0 bridgehead atoms. The number of pyridine rings is 2. The van der Waals surface area contributed by atoms with Crippen LogP contribution in [0.3, 0.4) is 0 Å². The number of aryl methyl sites for hydroxylation is 1. The van der Waals surface area contributed by atoms with Gasteiger partial charge >= 0.3 is 0 Å². The maximum atomic E-state index is 13.2. The number of carbonyl (C=O) groups is 1. The molecule has 3 aromatic heterocycles. The number of anilines is 1. The molecule has 32 heavy (non-hydrogen) atoms. The molecule has 2 N–H and O–H groups in total. The van der Waals surface area contributed by atoms with Crippen LogP contribution in [-0.4, -0.2) is 46.1 Å². The van der Waals surface area contributed by atoms with E-state index in [9.17, 15) is 9.59 Å². The topological polar surface area (TPSA) is 97.6 Å². The zero-order chi connectivity index (χ0) is 22.5. The van der Waals surface area contributed by atoms with E-state index in [1.165, 1.54) is 10.8 Å². The summed E-state index contributed by atoms with van der Waals surface area (Å²) >= 11 is 0. The Hall–Kier alpha value is -3.00. The Morgan fingerprint density at radius 3 is 2.81 bits per heavy atom. The van der Waals surface area contributed by atoms with E-state index >= 15 is 0 Å². The second-order valence-electron chi connectivity index (χ2n) is 8.39. The lowest BCUT2D eigenvalue weighted by atomic mass is 9.95. The number of ether oxygens (including phenoxy) is 1. The van der Waals surface area contributed by atoms with Crippen molar-refractivity contribution in [2.75, 3.05) is 25.1 Å². The van der Waals surface area contributed by atoms with Crippen LogP contribution in [-0.2, 0) is 4.74 Å². The number of hydrogen-bond donors (Lipinski definition) is 2. The van der Waals surface area contributed by atoms with Gasteiger partial charge in [-0.3, -0.25) is 14.0 Å². The number of carbonyl (C=O) groups excluding carboxylic acids is 1. The molecule has 1 aliphatic carbocycles. The Morgan fingerprint density at radius 1 is 1.22 bits per heavy atom. The lowest BCUT2D eigenvalue weighted by Crippen LogP contribution is -2.36. The Morgan fingerprint density at radius 2 is 2.03 bits per heavy atom. The number of rotatable bonds is 8. The summed E-state index contributed by atoms with van der Waals surface area (Å²) < 4.78 is 6.91. The minimum Gasteiger partial charge on any atom is -0.382 e. The predicted octanol–water partition coefficient (Wildman–Crippen LogP) is 3.45. The van der Waals surface area contributed by atoms with Gasteiger partial charge in [-0.2, -0.15) is 0 Å². The van der Waals surface area contributed by atoms with Crippen LogP contribution in [0.1, 0.15) is 61.4 Å². The van der Waals surface area contributed by atoms with Crippen molar-refractivity contribution >= 4 is 28.4 Å². The third-order valence-corrected chi connectivity index (χ3v) is 5.89. The number of aromatic nitrogens is 3.